The Hall–Kier alpha value is -0.0800. The van der Waals surface area contributed by atoms with Crippen molar-refractivity contribution in [3.8, 4) is 0 Å². The van der Waals surface area contributed by atoms with Gasteiger partial charge in [0.1, 0.15) is 0 Å². The fourth-order valence-corrected chi connectivity index (χ4v) is 2.98. The van der Waals surface area contributed by atoms with Gasteiger partial charge >= 0.3 is 0 Å². The Kier molecular flexibility index (Phi) is 14.0. The van der Waals surface area contributed by atoms with Crippen LogP contribution in [0.2, 0.25) is 0 Å². The van der Waals surface area contributed by atoms with Gasteiger partial charge in [-0.15, -0.1) is 24.0 Å². The van der Waals surface area contributed by atoms with E-state index in [-0.39, 0.29) is 24.0 Å². The van der Waals surface area contributed by atoms with Crippen molar-refractivity contribution in [2.75, 3.05) is 39.8 Å². The van der Waals surface area contributed by atoms with Crippen LogP contribution in [-0.2, 0) is 0 Å². The molecule has 0 heterocycles. The molecule has 0 aliphatic heterocycles. The van der Waals surface area contributed by atoms with E-state index >= 15 is 0 Å². The zero-order valence-corrected chi connectivity index (χ0v) is 19.7. The van der Waals surface area contributed by atoms with Crippen LogP contribution in [-0.4, -0.2) is 73.7 Å². The van der Waals surface area contributed by atoms with Crippen LogP contribution in [0.1, 0.15) is 60.3 Å². The molecule has 2 atom stereocenters. The normalized spacial score (nSPS) is 17.4. The van der Waals surface area contributed by atoms with Crippen molar-refractivity contribution in [1.82, 2.24) is 20.4 Å². The van der Waals surface area contributed by atoms with E-state index < -0.39 is 0 Å². The Balaban J connectivity index is 0.00000576. The molecule has 0 amide bonds. The number of aliphatic imine (C=N–C) groups is 1. The molecular weight excluding hydrogens is 425 g/mol. The van der Waals surface area contributed by atoms with Crippen LogP contribution >= 0.6 is 24.0 Å². The third kappa shape index (κ3) is 10.6. The number of hydrogen-bond acceptors (Lipinski definition) is 3. The Morgan fingerprint density at radius 3 is 2.32 bits per heavy atom. The maximum absolute atomic E-state index is 4.80. The molecule has 25 heavy (non-hydrogen) atoms. The first kappa shape index (κ1) is 24.9. The van der Waals surface area contributed by atoms with Crippen LogP contribution < -0.4 is 10.6 Å². The van der Waals surface area contributed by atoms with E-state index in [2.05, 4.69) is 62.1 Å². The molecule has 6 heteroatoms. The van der Waals surface area contributed by atoms with Gasteiger partial charge in [0.2, 0.25) is 0 Å². The fraction of sp³-hybridized carbons (Fsp3) is 0.947. The van der Waals surface area contributed by atoms with Gasteiger partial charge in [0.15, 0.2) is 5.96 Å². The van der Waals surface area contributed by atoms with E-state index in [4.69, 9.17) is 4.99 Å². The van der Waals surface area contributed by atoms with Crippen LogP contribution in [0, 0.1) is 0 Å². The van der Waals surface area contributed by atoms with Gasteiger partial charge in [0.05, 0.1) is 6.54 Å². The largest absolute Gasteiger partial charge is 0.357 e. The van der Waals surface area contributed by atoms with Crippen molar-refractivity contribution in [2.24, 2.45) is 4.99 Å². The van der Waals surface area contributed by atoms with E-state index in [1.54, 1.807) is 0 Å². The molecule has 150 valence electrons. The third-order valence-corrected chi connectivity index (χ3v) is 5.06. The van der Waals surface area contributed by atoms with Crippen molar-refractivity contribution in [1.29, 1.82) is 0 Å². The van der Waals surface area contributed by atoms with Gasteiger partial charge < -0.3 is 15.5 Å². The van der Waals surface area contributed by atoms with Crippen molar-refractivity contribution in [3.05, 3.63) is 0 Å². The van der Waals surface area contributed by atoms with Gasteiger partial charge in [-0.05, 0) is 73.1 Å². The summed E-state index contributed by atoms with van der Waals surface area (Å²) >= 11 is 0. The Morgan fingerprint density at radius 1 is 1.16 bits per heavy atom. The van der Waals surface area contributed by atoms with Crippen LogP contribution in [0.25, 0.3) is 0 Å². The lowest BCUT2D eigenvalue weighted by molar-refractivity contribution is 0.253. The molecule has 0 aromatic heterocycles. The summed E-state index contributed by atoms with van der Waals surface area (Å²) in [6.07, 6.45) is 5.12. The zero-order chi connectivity index (χ0) is 17.9. The van der Waals surface area contributed by atoms with Crippen LogP contribution in [0.4, 0.5) is 0 Å². The highest BCUT2D eigenvalue weighted by atomic mass is 127. The molecular formula is C19H42IN5. The van der Waals surface area contributed by atoms with Crippen molar-refractivity contribution in [3.63, 3.8) is 0 Å². The van der Waals surface area contributed by atoms with Crippen molar-refractivity contribution >= 4 is 29.9 Å². The van der Waals surface area contributed by atoms with Crippen molar-refractivity contribution in [2.45, 2.75) is 78.4 Å². The molecule has 0 saturated heterocycles. The summed E-state index contributed by atoms with van der Waals surface area (Å²) in [5.41, 5.74) is 0. The van der Waals surface area contributed by atoms with Crippen molar-refractivity contribution < 1.29 is 0 Å². The average molecular weight is 467 g/mol. The molecule has 0 aromatic carbocycles. The molecule has 0 bridgehead atoms. The second kappa shape index (κ2) is 14.0. The number of nitrogens with one attached hydrogen (secondary N) is 2. The maximum Gasteiger partial charge on any atom is 0.191 e. The number of likely N-dealkylation sites (N-methyl/N-ethyl adjacent to an activating group) is 1. The molecule has 2 unspecified atom stereocenters. The summed E-state index contributed by atoms with van der Waals surface area (Å²) in [6.45, 7) is 16.4. The first-order chi connectivity index (χ1) is 11.5. The summed E-state index contributed by atoms with van der Waals surface area (Å²) in [5.74, 6) is 0.962. The minimum Gasteiger partial charge on any atom is -0.357 e. The summed E-state index contributed by atoms with van der Waals surface area (Å²) < 4.78 is 0. The predicted molar refractivity (Wildman–Crippen MR) is 121 cm³/mol. The first-order valence-electron chi connectivity index (χ1n) is 10.0. The third-order valence-electron chi connectivity index (χ3n) is 5.06. The van der Waals surface area contributed by atoms with E-state index in [0.29, 0.717) is 12.1 Å². The molecule has 2 N–H and O–H groups in total. The first-order valence-corrected chi connectivity index (χ1v) is 10.0. The molecule has 0 spiro atoms. The lowest BCUT2D eigenvalue weighted by Gasteiger charge is -2.24. The molecule has 1 fully saturated rings. The minimum atomic E-state index is 0. The quantitative estimate of drug-likeness (QED) is 0.263. The molecule has 0 aromatic rings. The molecule has 1 aliphatic carbocycles. The smallest absolute Gasteiger partial charge is 0.191 e. The predicted octanol–water partition coefficient (Wildman–Crippen LogP) is 3.15. The summed E-state index contributed by atoms with van der Waals surface area (Å²) in [6, 6.07) is 1.76. The van der Waals surface area contributed by atoms with E-state index in [0.717, 1.165) is 38.2 Å². The Morgan fingerprint density at radius 2 is 1.80 bits per heavy atom. The topological polar surface area (TPSA) is 42.9 Å². The van der Waals surface area contributed by atoms with Gasteiger partial charge in [0, 0.05) is 24.7 Å². The lowest BCUT2D eigenvalue weighted by atomic mass is 10.2. The fourth-order valence-electron chi connectivity index (χ4n) is 2.98. The second-order valence-electron chi connectivity index (χ2n) is 7.18. The van der Waals surface area contributed by atoms with Gasteiger partial charge in [-0.25, -0.2) is 0 Å². The highest BCUT2D eigenvalue weighted by Gasteiger charge is 2.28. The van der Waals surface area contributed by atoms with Crippen LogP contribution in [0.15, 0.2) is 4.99 Å². The Bertz CT molecular complexity index is 356. The van der Waals surface area contributed by atoms with Gasteiger partial charge in [-0.2, -0.15) is 0 Å². The highest BCUT2D eigenvalue weighted by Crippen LogP contribution is 2.26. The standard InChI is InChI=1S/C19H41N5.HI/c1-7-20-19(21-15-17(5)23(6)18-12-13-18)22-16(4)11-10-14-24(8-2)9-3;/h16-18H,7-15H2,1-6H3,(H2,20,21,22);1H. The zero-order valence-electron chi connectivity index (χ0n) is 17.3. The van der Waals surface area contributed by atoms with Gasteiger partial charge in [-0.3, -0.25) is 9.89 Å². The number of rotatable bonds is 12. The molecule has 1 rings (SSSR count). The number of nitrogens with zero attached hydrogens (tertiary/aromatic N) is 3. The van der Waals surface area contributed by atoms with E-state index in [9.17, 15) is 0 Å². The second-order valence-corrected chi connectivity index (χ2v) is 7.18. The SMILES string of the molecule is CCNC(=NCC(C)N(C)C1CC1)NC(C)CCCN(CC)CC.I. The van der Waals surface area contributed by atoms with E-state index in [1.807, 2.05) is 0 Å². The summed E-state index contributed by atoms with van der Waals surface area (Å²) in [4.78, 5) is 9.76. The summed E-state index contributed by atoms with van der Waals surface area (Å²) in [5, 5.41) is 6.95. The van der Waals surface area contributed by atoms with Gasteiger partial charge in [-0.1, -0.05) is 13.8 Å². The number of hydrogen-bond donors (Lipinski definition) is 2. The molecule has 1 aliphatic rings. The van der Waals surface area contributed by atoms with E-state index in [1.165, 1.54) is 32.2 Å². The highest BCUT2D eigenvalue weighted by molar-refractivity contribution is 14.0. The molecule has 5 nitrogen and oxygen atoms in total. The monoisotopic (exact) mass is 467 g/mol. The maximum atomic E-state index is 4.80. The van der Waals surface area contributed by atoms with Crippen LogP contribution in [0.5, 0.6) is 0 Å². The molecule has 1 saturated carbocycles. The van der Waals surface area contributed by atoms with Gasteiger partial charge in [0.25, 0.3) is 0 Å². The Labute approximate surface area is 173 Å². The molecule has 0 radical (unpaired) electrons. The van der Waals surface area contributed by atoms with Crippen LogP contribution in [0.3, 0.4) is 0 Å². The minimum absolute atomic E-state index is 0. The summed E-state index contributed by atoms with van der Waals surface area (Å²) in [7, 11) is 2.23. The lowest BCUT2D eigenvalue weighted by Crippen LogP contribution is -2.43. The number of guanidine groups is 1. The number of halogens is 1. The average Bonchev–Trinajstić information content (AvgIpc) is 3.40.